The maximum atomic E-state index is 14.1. The molecule has 6 heteroatoms. The molecule has 0 saturated carbocycles. The number of nitrogens with zero attached hydrogens (tertiary/aromatic N) is 1. The predicted octanol–water partition coefficient (Wildman–Crippen LogP) is 3.19. The second-order valence-electron chi connectivity index (χ2n) is 5.73. The second kappa shape index (κ2) is 6.40. The molecule has 4 nitrogen and oxygen atoms in total. The topological polar surface area (TPSA) is 45.5 Å². The minimum Gasteiger partial charge on any atom is -0.467 e. The number of nitrogens with one attached hydrogen (secondary N) is 1. The highest BCUT2D eigenvalue weighted by molar-refractivity contribution is 5.82. The van der Waals surface area contributed by atoms with Crippen LogP contribution in [0.1, 0.15) is 30.7 Å². The summed E-state index contributed by atoms with van der Waals surface area (Å²) in [7, 11) is 0. The molecule has 122 valence electrons. The molecule has 3 rings (SSSR count). The van der Waals surface area contributed by atoms with E-state index in [-0.39, 0.29) is 18.5 Å². The number of fused-ring (bicyclic) bond motifs is 1. The van der Waals surface area contributed by atoms with Gasteiger partial charge in [-0.25, -0.2) is 8.78 Å². The summed E-state index contributed by atoms with van der Waals surface area (Å²) in [5, 5.41) is 2.82. The lowest BCUT2D eigenvalue weighted by atomic mass is 10.0. The van der Waals surface area contributed by atoms with Crippen LogP contribution in [0, 0.1) is 11.6 Å². The van der Waals surface area contributed by atoms with Crippen LogP contribution in [0.25, 0.3) is 0 Å². The number of carbonyl (C=O) groups excluding carboxylic acids is 1. The van der Waals surface area contributed by atoms with Gasteiger partial charge in [0, 0.05) is 12.6 Å². The van der Waals surface area contributed by atoms with Crippen LogP contribution in [0.15, 0.2) is 34.9 Å². The molecule has 1 aromatic heterocycles. The molecule has 0 fully saturated rings. The van der Waals surface area contributed by atoms with Crippen LogP contribution in [-0.2, 0) is 11.2 Å². The van der Waals surface area contributed by atoms with E-state index in [1.165, 1.54) is 6.07 Å². The number of aryl methyl sites for hydroxylation is 1. The molecule has 0 saturated heterocycles. The Morgan fingerprint density at radius 2 is 2.26 bits per heavy atom. The van der Waals surface area contributed by atoms with Crippen LogP contribution in [-0.4, -0.2) is 19.0 Å². The van der Waals surface area contributed by atoms with Crippen LogP contribution >= 0.6 is 0 Å². The predicted molar refractivity (Wildman–Crippen MR) is 82.2 cm³/mol. The van der Waals surface area contributed by atoms with Crippen molar-refractivity contribution >= 4 is 11.6 Å². The van der Waals surface area contributed by atoms with Crippen molar-refractivity contribution in [3.8, 4) is 0 Å². The minimum absolute atomic E-state index is 0.0284. The van der Waals surface area contributed by atoms with Crippen molar-refractivity contribution in [2.75, 3.05) is 18.0 Å². The Labute approximate surface area is 133 Å². The first-order valence-electron chi connectivity index (χ1n) is 7.60. The van der Waals surface area contributed by atoms with Crippen LogP contribution in [0.4, 0.5) is 14.5 Å². The lowest BCUT2D eigenvalue weighted by Crippen LogP contribution is -2.41. The number of furan rings is 1. The fourth-order valence-corrected chi connectivity index (χ4v) is 2.96. The standard InChI is InChI=1S/C17H18F2N2O2/c1-11(15-5-3-7-23-15)20-16(22)10-21-6-2-4-12-8-13(18)9-14(19)17(12)21/h3,5,7-9,11H,2,4,6,10H2,1H3,(H,20,22)/t11-/m1/s1. The largest absolute Gasteiger partial charge is 0.467 e. The normalized spacial score (nSPS) is 15.2. The highest BCUT2D eigenvalue weighted by Crippen LogP contribution is 2.30. The van der Waals surface area contributed by atoms with Gasteiger partial charge in [-0.1, -0.05) is 0 Å². The SMILES string of the molecule is C[C@@H](NC(=O)CN1CCCc2cc(F)cc(F)c21)c1ccco1. The molecule has 1 atom stereocenters. The molecule has 1 aliphatic rings. The van der Waals surface area contributed by atoms with Gasteiger partial charge in [0.2, 0.25) is 5.91 Å². The second-order valence-corrected chi connectivity index (χ2v) is 5.73. The molecule has 1 aliphatic heterocycles. The molecule has 0 unspecified atom stereocenters. The summed E-state index contributed by atoms with van der Waals surface area (Å²) in [6.45, 7) is 2.41. The highest BCUT2D eigenvalue weighted by atomic mass is 19.1. The lowest BCUT2D eigenvalue weighted by Gasteiger charge is -2.31. The first kappa shape index (κ1) is 15.5. The number of amides is 1. The van der Waals surface area contributed by atoms with Gasteiger partial charge in [0.1, 0.15) is 17.4 Å². The van der Waals surface area contributed by atoms with E-state index in [1.807, 2.05) is 6.92 Å². The molecule has 0 aliphatic carbocycles. The lowest BCUT2D eigenvalue weighted by molar-refractivity contribution is -0.120. The molecule has 1 aromatic carbocycles. The Kier molecular flexibility index (Phi) is 4.32. The summed E-state index contributed by atoms with van der Waals surface area (Å²) in [6.07, 6.45) is 2.92. The number of hydrogen-bond donors (Lipinski definition) is 1. The number of carbonyl (C=O) groups is 1. The minimum atomic E-state index is -0.619. The van der Waals surface area contributed by atoms with Gasteiger partial charge in [-0.3, -0.25) is 4.79 Å². The highest BCUT2D eigenvalue weighted by Gasteiger charge is 2.24. The van der Waals surface area contributed by atoms with E-state index in [2.05, 4.69) is 5.32 Å². The van der Waals surface area contributed by atoms with Crippen molar-refractivity contribution < 1.29 is 18.0 Å². The van der Waals surface area contributed by atoms with E-state index in [0.29, 0.717) is 30.0 Å². The van der Waals surface area contributed by atoms with Crippen molar-refractivity contribution in [3.63, 3.8) is 0 Å². The number of hydrogen-bond acceptors (Lipinski definition) is 3. The molecular weight excluding hydrogens is 302 g/mol. The van der Waals surface area contributed by atoms with Crippen molar-refractivity contribution in [1.29, 1.82) is 0 Å². The molecular formula is C17H18F2N2O2. The summed E-state index contributed by atoms with van der Waals surface area (Å²) in [4.78, 5) is 13.9. The zero-order valence-electron chi connectivity index (χ0n) is 12.8. The van der Waals surface area contributed by atoms with Gasteiger partial charge in [-0.05, 0) is 43.5 Å². The monoisotopic (exact) mass is 320 g/mol. The Bertz CT molecular complexity index is 701. The quantitative estimate of drug-likeness (QED) is 0.941. The number of halogens is 2. The molecule has 1 N–H and O–H groups in total. The van der Waals surface area contributed by atoms with Gasteiger partial charge in [0.05, 0.1) is 24.5 Å². The van der Waals surface area contributed by atoms with Gasteiger partial charge in [-0.2, -0.15) is 0 Å². The fourth-order valence-electron chi connectivity index (χ4n) is 2.96. The molecule has 23 heavy (non-hydrogen) atoms. The maximum absolute atomic E-state index is 14.1. The molecule has 0 bridgehead atoms. The maximum Gasteiger partial charge on any atom is 0.240 e. The van der Waals surface area contributed by atoms with Gasteiger partial charge in [-0.15, -0.1) is 0 Å². The first-order valence-corrected chi connectivity index (χ1v) is 7.60. The van der Waals surface area contributed by atoms with E-state index < -0.39 is 11.6 Å². The summed E-state index contributed by atoms with van der Waals surface area (Å²) in [5.74, 6) is -0.776. The zero-order valence-corrected chi connectivity index (χ0v) is 12.8. The van der Waals surface area contributed by atoms with Gasteiger partial charge in [0.15, 0.2) is 0 Å². The fraction of sp³-hybridized carbons (Fsp3) is 0.353. The average molecular weight is 320 g/mol. The summed E-state index contributed by atoms with van der Waals surface area (Å²) < 4.78 is 32.7. The molecule has 1 amide bonds. The Morgan fingerprint density at radius 1 is 1.43 bits per heavy atom. The van der Waals surface area contributed by atoms with Crippen molar-refractivity contribution in [2.24, 2.45) is 0 Å². The van der Waals surface area contributed by atoms with E-state index in [1.54, 1.807) is 23.3 Å². The number of benzene rings is 1. The van der Waals surface area contributed by atoms with Crippen LogP contribution in [0.2, 0.25) is 0 Å². The van der Waals surface area contributed by atoms with Crippen molar-refractivity contribution in [1.82, 2.24) is 5.32 Å². The Balaban J connectivity index is 1.71. The summed E-state index contributed by atoms with van der Waals surface area (Å²) in [6, 6.07) is 5.47. The van der Waals surface area contributed by atoms with Crippen LogP contribution in [0.5, 0.6) is 0 Å². The van der Waals surface area contributed by atoms with E-state index >= 15 is 0 Å². The smallest absolute Gasteiger partial charge is 0.240 e. The van der Waals surface area contributed by atoms with E-state index in [9.17, 15) is 13.6 Å². The Hall–Kier alpha value is -2.37. The van der Waals surface area contributed by atoms with Crippen LogP contribution < -0.4 is 10.2 Å². The Morgan fingerprint density at radius 3 is 3.00 bits per heavy atom. The third-order valence-corrected chi connectivity index (χ3v) is 3.98. The number of rotatable bonds is 4. The van der Waals surface area contributed by atoms with Gasteiger partial charge >= 0.3 is 0 Å². The van der Waals surface area contributed by atoms with E-state index in [4.69, 9.17) is 4.42 Å². The third-order valence-electron chi connectivity index (χ3n) is 3.98. The van der Waals surface area contributed by atoms with Crippen molar-refractivity contribution in [3.05, 3.63) is 53.5 Å². The third kappa shape index (κ3) is 3.36. The first-order chi connectivity index (χ1) is 11.0. The average Bonchev–Trinajstić information content (AvgIpc) is 3.00. The molecule has 0 spiro atoms. The number of anilines is 1. The molecule has 2 heterocycles. The zero-order chi connectivity index (χ0) is 16.4. The van der Waals surface area contributed by atoms with Gasteiger partial charge in [0.25, 0.3) is 0 Å². The molecule has 2 aromatic rings. The van der Waals surface area contributed by atoms with Crippen molar-refractivity contribution in [2.45, 2.75) is 25.8 Å². The van der Waals surface area contributed by atoms with Crippen LogP contribution in [0.3, 0.4) is 0 Å². The summed E-state index contributed by atoms with van der Waals surface area (Å²) >= 11 is 0. The molecule has 0 radical (unpaired) electrons. The van der Waals surface area contributed by atoms with Gasteiger partial charge < -0.3 is 14.6 Å². The van der Waals surface area contributed by atoms with E-state index in [0.717, 1.165) is 12.5 Å². The summed E-state index contributed by atoms with van der Waals surface area (Å²) in [5.41, 5.74) is 0.944.